The molecule has 2 aliphatic heterocycles. The predicted molar refractivity (Wildman–Crippen MR) is 74.3 cm³/mol. The fourth-order valence-electron chi connectivity index (χ4n) is 2.52. The zero-order valence-corrected chi connectivity index (χ0v) is 12.0. The van der Waals surface area contributed by atoms with Crippen LogP contribution in [0.25, 0.3) is 0 Å². The second-order valence-corrected chi connectivity index (χ2v) is 5.50. The normalized spacial score (nSPS) is 25.6. The number of carbonyl (C=O) groups excluding carboxylic acids is 1. The van der Waals surface area contributed by atoms with Crippen LogP contribution in [0.1, 0.15) is 13.8 Å². The molecule has 0 spiro atoms. The number of piperazine rings is 1. The van der Waals surface area contributed by atoms with Gasteiger partial charge in [0.2, 0.25) is 0 Å². The number of amides is 2. The quantitative estimate of drug-likeness (QED) is 0.740. The Morgan fingerprint density at radius 3 is 2.79 bits per heavy atom. The summed E-state index contributed by atoms with van der Waals surface area (Å²) in [4.78, 5) is 16.2. The number of ether oxygens (including phenoxy) is 1. The maximum absolute atomic E-state index is 12.0. The highest BCUT2D eigenvalue weighted by molar-refractivity contribution is 5.74. The molecule has 6 nitrogen and oxygen atoms in total. The molecule has 2 heterocycles. The number of morpholine rings is 1. The van der Waals surface area contributed by atoms with Gasteiger partial charge in [-0.25, -0.2) is 4.79 Å². The smallest absolute Gasteiger partial charge is 0.317 e. The van der Waals surface area contributed by atoms with Gasteiger partial charge in [0.15, 0.2) is 0 Å². The molecule has 0 bridgehead atoms. The van der Waals surface area contributed by atoms with Crippen molar-refractivity contribution in [3.63, 3.8) is 0 Å². The van der Waals surface area contributed by atoms with Gasteiger partial charge in [-0.1, -0.05) is 0 Å². The monoisotopic (exact) mass is 270 g/mol. The van der Waals surface area contributed by atoms with E-state index in [1.807, 2.05) is 4.90 Å². The van der Waals surface area contributed by atoms with Gasteiger partial charge in [-0.05, 0) is 13.8 Å². The first-order chi connectivity index (χ1) is 9.16. The molecule has 0 aromatic rings. The Labute approximate surface area is 115 Å². The summed E-state index contributed by atoms with van der Waals surface area (Å²) in [5, 5.41) is 6.23. The molecule has 0 aromatic heterocycles. The minimum atomic E-state index is 0.0340. The molecule has 2 saturated heterocycles. The van der Waals surface area contributed by atoms with Gasteiger partial charge in [0.25, 0.3) is 0 Å². The zero-order valence-electron chi connectivity index (χ0n) is 12.0. The summed E-state index contributed by atoms with van der Waals surface area (Å²) in [7, 11) is 0. The van der Waals surface area contributed by atoms with Crippen LogP contribution < -0.4 is 10.6 Å². The molecule has 0 radical (unpaired) electrons. The van der Waals surface area contributed by atoms with Gasteiger partial charge in [0.1, 0.15) is 0 Å². The zero-order chi connectivity index (χ0) is 13.7. The average molecular weight is 270 g/mol. The van der Waals surface area contributed by atoms with Crippen LogP contribution in [-0.4, -0.2) is 80.4 Å². The Hall–Kier alpha value is -0.850. The minimum absolute atomic E-state index is 0.0340. The molecular formula is C13H26N4O2. The number of nitrogens with zero attached hydrogens (tertiary/aromatic N) is 2. The van der Waals surface area contributed by atoms with Gasteiger partial charge in [-0.2, -0.15) is 0 Å². The van der Waals surface area contributed by atoms with Crippen molar-refractivity contribution in [1.29, 1.82) is 0 Å². The second-order valence-electron chi connectivity index (χ2n) is 5.50. The summed E-state index contributed by atoms with van der Waals surface area (Å²) in [6.07, 6.45) is 0.114. The van der Waals surface area contributed by atoms with E-state index in [1.165, 1.54) is 0 Å². The van der Waals surface area contributed by atoms with E-state index in [1.54, 1.807) is 0 Å². The number of hydrogen-bond donors (Lipinski definition) is 2. The third-order valence-electron chi connectivity index (χ3n) is 3.79. The van der Waals surface area contributed by atoms with Crippen LogP contribution in [0.4, 0.5) is 4.79 Å². The first-order valence-electron chi connectivity index (χ1n) is 7.26. The van der Waals surface area contributed by atoms with Crippen LogP contribution in [0.3, 0.4) is 0 Å². The molecule has 1 atom stereocenters. The van der Waals surface area contributed by atoms with Gasteiger partial charge in [0.05, 0.1) is 12.7 Å². The highest BCUT2D eigenvalue weighted by Crippen LogP contribution is 2.08. The van der Waals surface area contributed by atoms with Crippen LogP contribution in [0.2, 0.25) is 0 Å². The second kappa shape index (κ2) is 7.07. The van der Waals surface area contributed by atoms with E-state index in [-0.39, 0.29) is 12.1 Å². The standard InChI is InChI=1S/C13H26N4O2/c1-11(2)17-7-8-19-12(10-17)9-15-13(18)16-5-3-14-4-6-16/h11-12,14H,3-10H2,1-2H3,(H,15,18)/t12-/m0/s1. The van der Waals surface area contributed by atoms with Crippen LogP contribution >= 0.6 is 0 Å². The lowest BCUT2D eigenvalue weighted by Gasteiger charge is -2.36. The lowest BCUT2D eigenvalue weighted by Crippen LogP contribution is -2.54. The molecular weight excluding hydrogens is 244 g/mol. The number of carbonyl (C=O) groups is 1. The summed E-state index contributed by atoms with van der Waals surface area (Å²) >= 11 is 0. The Bertz CT molecular complexity index is 292. The van der Waals surface area contributed by atoms with E-state index < -0.39 is 0 Å². The topological polar surface area (TPSA) is 56.8 Å². The van der Waals surface area contributed by atoms with E-state index in [9.17, 15) is 4.79 Å². The maximum atomic E-state index is 12.0. The Morgan fingerprint density at radius 1 is 1.37 bits per heavy atom. The fraction of sp³-hybridized carbons (Fsp3) is 0.923. The molecule has 0 aromatic carbocycles. The summed E-state index contributed by atoms with van der Waals surface area (Å²) in [5.74, 6) is 0. The van der Waals surface area contributed by atoms with Crippen LogP contribution in [0.5, 0.6) is 0 Å². The van der Waals surface area contributed by atoms with Crippen LogP contribution in [-0.2, 0) is 4.74 Å². The van der Waals surface area contributed by atoms with Gasteiger partial charge in [-0.3, -0.25) is 4.90 Å². The van der Waals surface area contributed by atoms with E-state index in [0.717, 1.165) is 45.9 Å². The van der Waals surface area contributed by atoms with Crippen molar-refractivity contribution < 1.29 is 9.53 Å². The molecule has 2 fully saturated rings. The van der Waals surface area contributed by atoms with Gasteiger partial charge in [-0.15, -0.1) is 0 Å². The number of nitrogens with one attached hydrogen (secondary N) is 2. The van der Waals surface area contributed by atoms with E-state index in [2.05, 4.69) is 29.4 Å². The predicted octanol–water partition coefficient (Wildman–Crippen LogP) is -0.290. The van der Waals surface area contributed by atoms with Crippen molar-refractivity contribution in [2.45, 2.75) is 26.0 Å². The summed E-state index contributed by atoms with van der Waals surface area (Å²) < 4.78 is 5.71. The van der Waals surface area contributed by atoms with Gasteiger partial charge >= 0.3 is 6.03 Å². The minimum Gasteiger partial charge on any atom is -0.374 e. The highest BCUT2D eigenvalue weighted by atomic mass is 16.5. The molecule has 0 saturated carbocycles. The van der Waals surface area contributed by atoms with Crippen molar-refractivity contribution in [2.75, 3.05) is 52.4 Å². The van der Waals surface area contributed by atoms with Crippen molar-refractivity contribution >= 4 is 6.03 Å². The molecule has 2 rings (SSSR count). The number of hydrogen-bond acceptors (Lipinski definition) is 4. The third kappa shape index (κ3) is 4.33. The molecule has 19 heavy (non-hydrogen) atoms. The highest BCUT2D eigenvalue weighted by Gasteiger charge is 2.23. The van der Waals surface area contributed by atoms with E-state index in [4.69, 9.17) is 4.74 Å². The first kappa shape index (κ1) is 14.6. The average Bonchev–Trinajstić information content (AvgIpc) is 2.46. The third-order valence-corrected chi connectivity index (χ3v) is 3.79. The van der Waals surface area contributed by atoms with Crippen molar-refractivity contribution in [1.82, 2.24) is 20.4 Å². The molecule has 110 valence electrons. The Kier molecular flexibility index (Phi) is 5.42. The van der Waals surface area contributed by atoms with Crippen molar-refractivity contribution in [3.8, 4) is 0 Å². The van der Waals surface area contributed by atoms with E-state index in [0.29, 0.717) is 12.6 Å². The molecule has 0 unspecified atom stereocenters. The van der Waals surface area contributed by atoms with Crippen LogP contribution in [0, 0.1) is 0 Å². The summed E-state index contributed by atoms with van der Waals surface area (Å²) in [6.45, 7) is 11.0. The molecule has 0 aliphatic carbocycles. The SMILES string of the molecule is CC(C)N1CCO[C@@H](CNC(=O)N2CCNCC2)C1. The largest absolute Gasteiger partial charge is 0.374 e. The molecule has 2 aliphatic rings. The maximum Gasteiger partial charge on any atom is 0.317 e. The summed E-state index contributed by atoms with van der Waals surface area (Å²) in [6, 6.07) is 0.571. The van der Waals surface area contributed by atoms with Gasteiger partial charge < -0.3 is 20.3 Å². The lowest BCUT2D eigenvalue weighted by molar-refractivity contribution is -0.0363. The Morgan fingerprint density at radius 2 is 2.11 bits per heavy atom. The first-order valence-corrected chi connectivity index (χ1v) is 7.26. The fourth-order valence-corrected chi connectivity index (χ4v) is 2.52. The molecule has 6 heteroatoms. The Balaban J connectivity index is 1.70. The molecule has 2 N–H and O–H groups in total. The van der Waals surface area contributed by atoms with Crippen molar-refractivity contribution in [2.24, 2.45) is 0 Å². The number of urea groups is 1. The van der Waals surface area contributed by atoms with Gasteiger partial charge in [0, 0.05) is 51.9 Å². The molecule has 2 amide bonds. The lowest BCUT2D eigenvalue weighted by atomic mass is 10.2. The van der Waals surface area contributed by atoms with Crippen molar-refractivity contribution in [3.05, 3.63) is 0 Å². The van der Waals surface area contributed by atoms with Crippen LogP contribution in [0.15, 0.2) is 0 Å². The number of rotatable bonds is 3. The summed E-state index contributed by atoms with van der Waals surface area (Å²) in [5.41, 5.74) is 0. The van der Waals surface area contributed by atoms with E-state index >= 15 is 0 Å².